The molecule has 1 amide bonds. The van der Waals surface area contributed by atoms with Gasteiger partial charge in [-0.2, -0.15) is 0 Å². The van der Waals surface area contributed by atoms with Crippen molar-refractivity contribution in [3.05, 3.63) is 22.4 Å². The Morgan fingerprint density at radius 2 is 2.05 bits per heavy atom. The third-order valence-corrected chi connectivity index (χ3v) is 4.30. The van der Waals surface area contributed by atoms with Gasteiger partial charge in [-0.3, -0.25) is 9.59 Å². The van der Waals surface area contributed by atoms with E-state index in [1.54, 1.807) is 0 Å². The van der Waals surface area contributed by atoms with Gasteiger partial charge in [0, 0.05) is 30.3 Å². The molecule has 0 aromatic carbocycles. The van der Waals surface area contributed by atoms with Crippen LogP contribution in [0.2, 0.25) is 0 Å². The molecule has 0 atom stereocenters. The second kappa shape index (κ2) is 7.11. The number of carbonyl (C=O) groups is 2. The maximum Gasteiger partial charge on any atom is 0.308 e. The number of aromatic nitrogens is 1. The highest BCUT2D eigenvalue weighted by atomic mass is 79.9. The molecule has 21 heavy (non-hydrogen) atoms. The number of halogens is 1. The average molecular weight is 357 g/mol. The molecule has 1 fully saturated rings. The highest BCUT2D eigenvalue weighted by Gasteiger charge is 2.29. The molecule has 0 spiro atoms. The summed E-state index contributed by atoms with van der Waals surface area (Å²) in [5, 5.41) is 0. The van der Waals surface area contributed by atoms with Gasteiger partial charge in [0.25, 0.3) is 5.91 Å². The Balaban J connectivity index is 2.03. The lowest BCUT2D eigenvalue weighted by molar-refractivity contribution is -0.146. The number of piperidine rings is 1. The van der Waals surface area contributed by atoms with Crippen LogP contribution in [-0.4, -0.2) is 41.5 Å². The van der Waals surface area contributed by atoms with E-state index < -0.39 is 0 Å². The van der Waals surface area contributed by atoms with Crippen LogP contribution in [0.25, 0.3) is 0 Å². The Morgan fingerprint density at radius 3 is 2.62 bits per heavy atom. The van der Waals surface area contributed by atoms with E-state index in [-0.39, 0.29) is 17.8 Å². The lowest BCUT2D eigenvalue weighted by atomic mass is 9.97. The summed E-state index contributed by atoms with van der Waals surface area (Å²) < 4.78 is 7.68. The van der Waals surface area contributed by atoms with E-state index in [1.807, 2.05) is 21.7 Å². The topological polar surface area (TPSA) is 51.5 Å². The molecule has 0 saturated carbocycles. The Hall–Kier alpha value is -1.30. The molecule has 1 aliphatic rings. The predicted octanol–water partition coefficient (Wildman–Crippen LogP) is 2.69. The molecule has 2 heterocycles. The third-order valence-electron chi connectivity index (χ3n) is 3.86. The number of hydrogen-bond acceptors (Lipinski definition) is 3. The van der Waals surface area contributed by atoms with Crippen molar-refractivity contribution in [2.75, 3.05) is 20.2 Å². The largest absolute Gasteiger partial charge is 0.469 e. The molecule has 1 aromatic rings. The van der Waals surface area contributed by atoms with Gasteiger partial charge in [-0.15, -0.1) is 0 Å². The summed E-state index contributed by atoms with van der Waals surface area (Å²) in [6.45, 7) is 4.12. The van der Waals surface area contributed by atoms with Crippen molar-refractivity contribution in [2.24, 2.45) is 5.92 Å². The minimum atomic E-state index is -0.167. The van der Waals surface area contributed by atoms with Crippen molar-refractivity contribution in [3.8, 4) is 0 Å². The standard InChI is InChI=1S/C15H21BrN2O3/c1-3-6-18-10-12(16)9-13(18)14(19)17-7-4-11(5-8-17)15(20)21-2/h9-11H,3-8H2,1-2H3. The van der Waals surface area contributed by atoms with Gasteiger partial charge >= 0.3 is 5.97 Å². The molecule has 6 heteroatoms. The summed E-state index contributed by atoms with van der Waals surface area (Å²) in [5.74, 6) is -0.204. The van der Waals surface area contributed by atoms with Crippen molar-refractivity contribution in [3.63, 3.8) is 0 Å². The lowest BCUT2D eigenvalue weighted by Gasteiger charge is -2.30. The van der Waals surface area contributed by atoms with Gasteiger partial charge in [-0.1, -0.05) is 6.92 Å². The normalized spacial score (nSPS) is 16.0. The van der Waals surface area contributed by atoms with Crippen LogP contribution in [0.1, 0.15) is 36.7 Å². The van der Waals surface area contributed by atoms with E-state index in [9.17, 15) is 9.59 Å². The molecule has 0 unspecified atom stereocenters. The maximum atomic E-state index is 12.6. The Bertz CT molecular complexity index is 519. The third kappa shape index (κ3) is 3.67. The first-order valence-electron chi connectivity index (χ1n) is 7.29. The first-order valence-corrected chi connectivity index (χ1v) is 8.09. The fourth-order valence-corrected chi connectivity index (χ4v) is 3.19. The number of rotatable bonds is 4. The fraction of sp³-hybridized carbons (Fsp3) is 0.600. The maximum absolute atomic E-state index is 12.6. The Kier molecular flexibility index (Phi) is 5.45. The zero-order chi connectivity index (χ0) is 15.4. The molecule has 1 aromatic heterocycles. The Labute approximate surface area is 133 Å². The summed E-state index contributed by atoms with van der Waals surface area (Å²) in [5.41, 5.74) is 0.709. The molecule has 0 aliphatic carbocycles. The number of ether oxygens (including phenoxy) is 1. The number of aryl methyl sites for hydroxylation is 1. The molecule has 5 nitrogen and oxygen atoms in total. The van der Waals surface area contributed by atoms with Crippen LogP contribution in [0.5, 0.6) is 0 Å². The van der Waals surface area contributed by atoms with Gasteiger partial charge in [-0.05, 0) is 41.3 Å². The molecule has 1 aliphatic heterocycles. The zero-order valence-electron chi connectivity index (χ0n) is 12.5. The summed E-state index contributed by atoms with van der Waals surface area (Å²) in [6, 6.07) is 1.87. The first-order chi connectivity index (χ1) is 10.1. The lowest BCUT2D eigenvalue weighted by Crippen LogP contribution is -2.41. The minimum Gasteiger partial charge on any atom is -0.469 e. The molecule has 0 bridgehead atoms. The number of esters is 1. The highest BCUT2D eigenvalue weighted by Crippen LogP contribution is 2.22. The van der Waals surface area contributed by atoms with Gasteiger partial charge in [-0.25, -0.2) is 0 Å². The van der Waals surface area contributed by atoms with Crippen molar-refractivity contribution >= 4 is 27.8 Å². The first kappa shape index (κ1) is 16.1. The highest BCUT2D eigenvalue weighted by molar-refractivity contribution is 9.10. The van der Waals surface area contributed by atoms with Crippen LogP contribution in [0.4, 0.5) is 0 Å². The predicted molar refractivity (Wildman–Crippen MR) is 83.1 cm³/mol. The summed E-state index contributed by atoms with van der Waals surface area (Å²) >= 11 is 3.43. The van der Waals surface area contributed by atoms with E-state index in [0.717, 1.165) is 17.4 Å². The molecule has 1 saturated heterocycles. The van der Waals surface area contributed by atoms with Crippen LogP contribution in [0.15, 0.2) is 16.7 Å². The second-order valence-electron chi connectivity index (χ2n) is 5.33. The SMILES string of the molecule is CCCn1cc(Br)cc1C(=O)N1CCC(C(=O)OC)CC1. The number of amides is 1. The van der Waals surface area contributed by atoms with E-state index in [2.05, 4.69) is 22.9 Å². The number of likely N-dealkylation sites (tertiary alicyclic amines) is 1. The van der Waals surface area contributed by atoms with Gasteiger partial charge in [0.05, 0.1) is 13.0 Å². The van der Waals surface area contributed by atoms with Crippen molar-refractivity contribution in [2.45, 2.75) is 32.7 Å². The average Bonchev–Trinajstić information content (AvgIpc) is 2.87. The molecular formula is C15H21BrN2O3. The number of hydrogen-bond donors (Lipinski definition) is 0. The molecule has 116 valence electrons. The number of methoxy groups -OCH3 is 1. The molecule has 2 rings (SSSR count). The smallest absolute Gasteiger partial charge is 0.308 e. The van der Waals surface area contributed by atoms with Crippen molar-refractivity contribution < 1.29 is 14.3 Å². The molecular weight excluding hydrogens is 336 g/mol. The van der Waals surface area contributed by atoms with Crippen LogP contribution in [-0.2, 0) is 16.1 Å². The van der Waals surface area contributed by atoms with E-state index in [0.29, 0.717) is 31.6 Å². The second-order valence-corrected chi connectivity index (χ2v) is 6.24. The zero-order valence-corrected chi connectivity index (χ0v) is 14.1. The van der Waals surface area contributed by atoms with Crippen molar-refractivity contribution in [1.82, 2.24) is 9.47 Å². The molecule has 0 N–H and O–H groups in total. The quantitative estimate of drug-likeness (QED) is 0.779. The van der Waals surface area contributed by atoms with E-state index in [1.165, 1.54) is 7.11 Å². The number of carbonyl (C=O) groups excluding carboxylic acids is 2. The van der Waals surface area contributed by atoms with Gasteiger partial charge in [0.2, 0.25) is 0 Å². The number of nitrogens with zero attached hydrogens (tertiary/aromatic N) is 2. The van der Waals surface area contributed by atoms with Crippen LogP contribution in [0.3, 0.4) is 0 Å². The van der Waals surface area contributed by atoms with E-state index >= 15 is 0 Å². The molecule has 0 radical (unpaired) electrons. The van der Waals surface area contributed by atoms with Gasteiger partial charge in [0.1, 0.15) is 5.69 Å². The van der Waals surface area contributed by atoms with Crippen LogP contribution in [0, 0.1) is 5.92 Å². The summed E-state index contributed by atoms with van der Waals surface area (Å²) in [4.78, 5) is 26.0. The minimum absolute atomic E-state index is 0.0393. The van der Waals surface area contributed by atoms with Crippen molar-refractivity contribution in [1.29, 1.82) is 0 Å². The Morgan fingerprint density at radius 1 is 1.38 bits per heavy atom. The van der Waals surface area contributed by atoms with Crippen LogP contribution >= 0.6 is 15.9 Å². The van der Waals surface area contributed by atoms with E-state index in [4.69, 9.17) is 4.74 Å². The van der Waals surface area contributed by atoms with Crippen LogP contribution < -0.4 is 0 Å². The fourth-order valence-electron chi connectivity index (χ4n) is 2.73. The monoisotopic (exact) mass is 356 g/mol. The van der Waals surface area contributed by atoms with Gasteiger partial charge < -0.3 is 14.2 Å². The summed E-state index contributed by atoms with van der Waals surface area (Å²) in [7, 11) is 1.41. The van der Waals surface area contributed by atoms with Gasteiger partial charge in [0.15, 0.2) is 0 Å². The summed E-state index contributed by atoms with van der Waals surface area (Å²) in [6.07, 6.45) is 4.27.